The number of benzene rings is 1. The van der Waals surface area contributed by atoms with Crippen LogP contribution in [0.3, 0.4) is 0 Å². The van der Waals surface area contributed by atoms with Crippen molar-refractivity contribution in [3.63, 3.8) is 0 Å². The number of aryl methyl sites for hydroxylation is 1. The molecule has 0 aliphatic carbocycles. The summed E-state index contributed by atoms with van der Waals surface area (Å²) in [4.78, 5) is 0. The molecule has 1 aromatic heterocycles. The molecule has 0 atom stereocenters. The molecule has 76 valence electrons. The molecule has 2 aromatic rings. The molecule has 0 spiro atoms. The van der Waals surface area contributed by atoms with Crippen LogP contribution in [0.5, 0.6) is 0 Å². The summed E-state index contributed by atoms with van der Waals surface area (Å²) in [6, 6.07) is 8.10. The number of hydrogen-bond acceptors (Lipinski definition) is 1. The van der Waals surface area contributed by atoms with Gasteiger partial charge in [0.25, 0.3) is 0 Å². The van der Waals surface area contributed by atoms with Crippen LogP contribution in [0.25, 0.3) is 17.0 Å². The molecule has 0 aliphatic rings. The summed E-state index contributed by atoms with van der Waals surface area (Å²) >= 11 is 0. The van der Waals surface area contributed by atoms with Crippen molar-refractivity contribution in [2.45, 2.75) is 13.8 Å². The molecule has 1 nitrogen and oxygen atoms in total. The zero-order valence-corrected chi connectivity index (χ0v) is 9.03. The van der Waals surface area contributed by atoms with E-state index >= 15 is 0 Å². The lowest BCUT2D eigenvalue weighted by molar-refractivity contribution is 0.601. The van der Waals surface area contributed by atoms with Gasteiger partial charge in [0.2, 0.25) is 0 Å². The van der Waals surface area contributed by atoms with Gasteiger partial charge in [-0.15, -0.1) is 0 Å². The maximum Gasteiger partial charge on any atom is 0.135 e. The van der Waals surface area contributed by atoms with Crippen LogP contribution in [0.4, 0.5) is 0 Å². The largest absolute Gasteiger partial charge is 0.456 e. The van der Waals surface area contributed by atoms with Gasteiger partial charge in [-0.3, -0.25) is 0 Å². The van der Waals surface area contributed by atoms with Crippen molar-refractivity contribution in [1.29, 1.82) is 0 Å². The maximum absolute atomic E-state index is 5.72. The number of allylic oxidation sites excluding steroid dienone is 3. The third-order valence-electron chi connectivity index (χ3n) is 2.43. The third-order valence-corrected chi connectivity index (χ3v) is 2.43. The lowest BCUT2D eigenvalue weighted by Gasteiger charge is -1.87. The van der Waals surface area contributed by atoms with Gasteiger partial charge in [-0.2, -0.15) is 0 Å². The van der Waals surface area contributed by atoms with E-state index in [2.05, 4.69) is 13.0 Å². The van der Waals surface area contributed by atoms with E-state index in [0.717, 1.165) is 11.3 Å². The van der Waals surface area contributed by atoms with E-state index in [1.165, 1.54) is 10.9 Å². The third kappa shape index (κ3) is 1.86. The van der Waals surface area contributed by atoms with Gasteiger partial charge in [0.15, 0.2) is 0 Å². The highest BCUT2D eigenvalue weighted by Crippen LogP contribution is 2.25. The van der Waals surface area contributed by atoms with Crippen molar-refractivity contribution in [2.24, 2.45) is 0 Å². The molecule has 0 saturated carbocycles. The smallest absolute Gasteiger partial charge is 0.135 e. The predicted molar refractivity (Wildman–Crippen MR) is 64.8 cm³/mol. The maximum atomic E-state index is 5.72. The van der Waals surface area contributed by atoms with Gasteiger partial charge >= 0.3 is 0 Å². The van der Waals surface area contributed by atoms with Gasteiger partial charge in [-0.05, 0) is 26.0 Å². The lowest BCUT2D eigenvalue weighted by atomic mass is 10.1. The second-order valence-electron chi connectivity index (χ2n) is 3.47. The highest BCUT2D eigenvalue weighted by atomic mass is 16.3. The quantitative estimate of drug-likeness (QED) is 0.654. The molecule has 0 bridgehead atoms. The van der Waals surface area contributed by atoms with Gasteiger partial charge < -0.3 is 4.42 Å². The molecule has 0 saturated heterocycles. The Morgan fingerprint density at radius 1 is 1.13 bits per heavy atom. The first-order chi connectivity index (χ1) is 7.33. The fourth-order valence-corrected chi connectivity index (χ4v) is 1.61. The first kappa shape index (κ1) is 9.78. The molecule has 0 amide bonds. The van der Waals surface area contributed by atoms with Gasteiger partial charge in [-0.1, -0.05) is 36.4 Å². The number of rotatable bonds is 2. The summed E-state index contributed by atoms with van der Waals surface area (Å²) in [5, 5.41) is 1.19. The monoisotopic (exact) mass is 198 g/mol. The Balaban J connectivity index is 2.48. The summed E-state index contributed by atoms with van der Waals surface area (Å²) in [7, 11) is 0. The van der Waals surface area contributed by atoms with Crippen LogP contribution in [-0.4, -0.2) is 0 Å². The average molecular weight is 198 g/mol. The summed E-state index contributed by atoms with van der Waals surface area (Å²) in [5.41, 5.74) is 2.15. The molecule has 1 aromatic carbocycles. The Morgan fingerprint density at radius 2 is 1.93 bits per heavy atom. The van der Waals surface area contributed by atoms with E-state index in [1.807, 2.05) is 49.4 Å². The van der Waals surface area contributed by atoms with Gasteiger partial charge in [-0.25, -0.2) is 0 Å². The van der Waals surface area contributed by atoms with Crippen LogP contribution in [0.2, 0.25) is 0 Å². The van der Waals surface area contributed by atoms with Crippen LogP contribution in [0.1, 0.15) is 18.2 Å². The molecule has 1 heteroatoms. The summed E-state index contributed by atoms with van der Waals surface area (Å²) in [6.45, 7) is 4.08. The molecule has 0 N–H and O–H groups in total. The number of furan rings is 1. The molecule has 1 heterocycles. The Kier molecular flexibility index (Phi) is 2.72. The molecule has 2 rings (SSSR count). The Bertz CT molecular complexity index is 515. The van der Waals surface area contributed by atoms with E-state index in [0.29, 0.717) is 0 Å². The van der Waals surface area contributed by atoms with Crippen molar-refractivity contribution in [3.8, 4) is 0 Å². The topological polar surface area (TPSA) is 13.1 Å². The SMILES string of the molecule is C/C=C\C=C/c1oc2ccccc2c1C. The van der Waals surface area contributed by atoms with Crippen molar-refractivity contribution in [2.75, 3.05) is 0 Å². The second-order valence-corrected chi connectivity index (χ2v) is 3.47. The first-order valence-electron chi connectivity index (χ1n) is 5.10. The Morgan fingerprint density at radius 3 is 2.67 bits per heavy atom. The number of para-hydroxylation sites is 1. The van der Waals surface area contributed by atoms with E-state index in [1.54, 1.807) is 0 Å². The molecule has 15 heavy (non-hydrogen) atoms. The van der Waals surface area contributed by atoms with Crippen molar-refractivity contribution >= 4 is 17.0 Å². The minimum atomic E-state index is 0.939. The fourth-order valence-electron chi connectivity index (χ4n) is 1.61. The van der Waals surface area contributed by atoms with Crippen LogP contribution < -0.4 is 0 Å². The van der Waals surface area contributed by atoms with Gasteiger partial charge in [0.05, 0.1) is 0 Å². The van der Waals surface area contributed by atoms with Crippen molar-refractivity contribution in [1.82, 2.24) is 0 Å². The van der Waals surface area contributed by atoms with Crippen molar-refractivity contribution in [3.05, 3.63) is 53.8 Å². The van der Waals surface area contributed by atoms with E-state index in [-0.39, 0.29) is 0 Å². The predicted octanol–water partition coefficient (Wildman–Crippen LogP) is 4.33. The molecule has 0 aliphatic heterocycles. The van der Waals surface area contributed by atoms with Crippen molar-refractivity contribution < 1.29 is 4.42 Å². The minimum Gasteiger partial charge on any atom is -0.456 e. The summed E-state index contributed by atoms with van der Waals surface area (Å²) in [5.74, 6) is 0.939. The average Bonchev–Trinajstić information content (AvgIpc) is 2.57. The van der Waals surface area contributed by atoms with Gasteiger partial charge in [0.1, 0.15) is 11.3 Å². The fraction of sp³-hybridized carbons (Fsp3) is 0.143. The minimum absolute atomic E-state index is 0.939. The number of hydrogen-bond donors (Lipinski definition) is 0. The molecule has 0 unspecified atom stereocenters. The second kappa shape index (κ2) is 4.18. The van der Waals surface area contributed by atoms with Crippen LogP contribution >= 0.6 is 0 Å². The zero-order valence-electron chi connectivity index (χ0n) is 9.03. The van der Waals surface area contributed by atoms with E-state index in [4.69, 9.17) is 4.42 Å². The standard InChI is InChI=1S/C14H14O/c1-3-4-5-9-13-11(2)12-8-6-7-10-14(12)15-13/h3-10H,1-2H3/b4-3-,9-5-. The van der Waals surface area contributed by atoms with E-state index < -0.39 is 0 Å². The molecular formula is C14H14O. The Hall–Kier alpha value is -1.76. The molecular weight excluding hydrogens is 184 g/mol. The molecule has 0 fully saturated rings. The van der Waals surface area contributed by atoms with Crippen LogP contribution in [0, 0.1) is 6.92 Å². The highest BCUT2D eigenvalue weighted by Gasteiger charge is 2.05. The Labute approximate surface area is 89.7 Å². The normalized spacial score (nSPS) is 12.1. The highest BCUT2D eigenvalue weighted by molar-refractivity contribution is 5.84. The lowest BCUT2D eigenvalue weighted by Crippen LogP contribution is -1.70. The van der Waals surface area contributed by atoms with Crippen LogP contribution in [-0.2, 0) is 0 Å². The summed E-state index contributed by atoms with van der Waals surface area (Å²) in [6.07, 6.45) is 7.97. The van der Waals surface area contributed by atoms with Gasteiger partial charge in [0, 0.05) is 10.9 Å². The zero-order chi connectivity index (χ0) is 10.7. The summed E-state index contributed by atoms with van der Waals surface area (Å²) < 4.78 is 5.72. The van der Waals surface area contributed by atoms with E-state index in [9.17, 15) is 0 Å². The first-order valence-corrected chi connectivity index (χ1v) is 5.10. The molecule has 0 radical (unpaired) electrons. The number of fused-ring (bicyclic) bond motifs is 1. The van der Waals surface area contributed by atoms with Crippen LogP contribution in [0.15, 0.2) is 46.9 Å².